The molecule has 0 bridgehead atoms. The average Bonchev–Trinajstić information content (AvgIpc) is 2.86. The Labute approximate surface area is 133 Å². The van der Waals surface area contributed by atoms with Gasteiger partial charge in [-0.15, -0.1) is 0 Å². The van der Waals surface area contributed by atoms with Gasteiger partial charge in [-0.3, -0.25) is 0 Å². The number of halogens is 2. The van der Waals surface area contributed by atoms with Gasteiger partial charge in [-0.25, -0.2) is 0 Å². The van der Waals surface area contributed by atoms with E-state index in [1.165, 1.54) is 0 Å². The van der Waals surface area contributed by atoms with Crippen molar-refractivity contribution in [1.29, 1.82) is 0 Å². The number of rotatable bonds is 5. The summed E-state index contributed by atoms with van der Waals surface area (Å²) >= 11 is 6.82. The highest BCUT2D eigenvalue weighted by atomic mass is 79.9. The fraction of sp³-hybridized carbons (Fsp3) is 0.385. The number of aliphatic hydroxyl groups is 1. The highest BCUT2D eigenvalue weighted by Gasteiger charge is 2.13. The number of ether oxygens (including phenoxy) is 1. The molecule has 1 N–H and O–H groups in total. The van der Waals surface area contributed by atoms with Gasteiger partial charge in [0.15, 0.2) is 12.4 Å². The van der Waals surface area contributed by atoms with Crippen LogP contribution >= 0.6 is 31.9 Å². The number of hydrogen-bond donors (Lipinski definition) is 1. The van der Waals surface area contributed by atoms with Crippen molar-refractivity contribution in [2.24, 2.45) is 0 Å². The van der Waals surface area contributed by atoms with Gasteiger partial charge < -0.3 is 14.4 Å². The third-order valence-electron chi connectivity index (χ3n) is 2.58. The Morgan fingerprint density at radius 1 is 1.30 bits per heavy atom. The summed E-state index contributed by atoms with van der Waals surface area (Å²) in [6, 6.07) is 3.60. The summed E-state index contributed by atoms with van der Waals surface area (Å²) in [5, 5.41) is 13.0. The summed E-state index contributed by atoms with van der Waals surface area (Å²) in [4.78, 5) is 4.24. The molecule has 0 amide bonds. The summed E-state index contributed by atoms with van der Waals surface area (Å²) in [5.74, 6) is 1.94. The first-order valence-electron chi connectivity index (χ1n) is 6.05. The van der Waals surface area contributed by atoms with Crippen LogP contribution in [-0.2, 0) is 13.2 Å². The van der Waals surface area contributed by atoms with Crippen molar-refractivity contribution >= 4 is 31.9 Å². The number of hydrogen-bond acceptors (Lipinski definition) is 5. The second-order valence-corrected chi connectivity index (χ2v) is 6.25. The molecule has 1 heterocycles. The topological polar surface area (TPSA) is 68.4 Å². The molecular weight excluding hydrogens is 392 g/mol. The molecule has 0 aliphatic carbocycles. The number of nitrogens with zero attached hydrogens (tertiary/aromatic N) is 2. The number of benzene rings is 1. The van der Waals surface area contributed by atoms with Gasteiger partial charge in [0.05, 0.1) is 15.6 Å². The molecular formula is C13H14Br2N2O3. The lowest BCUT2D eigenvalue weighted by Gasteiger charge is -2.09. The van der Waals surface area contributed by atoms with E-state index in [0.29, 0.717) is 17.5 Å². The third kappa shape index (κ3) is 3.59. The van der Waals surface area contributed by atoms with Crippen LogP contribution in [0.15, 0.2) is 25.6 Å². The lowest BCUT2D eigenvalue weighted by atomic mass is 10.2. The molecule has 0 spiro atoms. The fourth-order valence-electron chi connectivity index (χ4n) is 1.54. The molecule has 0 saturated carbocycles. The largest absolute Gasteiger partial charge is 0.481 e. The number of aromatic nitrogens is 2. The van der Waals surface area contributed by atoms with Gasteiger partial charge in [0.25, 0.3) is 5.89 Å². The standard InChI is InChI=1S/C13H14Br2N2O3/c1-7(2)13-16-11(20-17-13)6-19-12-9(14)3-8(5-18)4-10(12)15/h3-4,7,18H,5-6H2,1-2H3. The normalized spacial score (nSPS) is 11.1. The van der Waals surface area contributed by atoms with Crippen molar-refractivity contribution in [3.63, 3.8) is 0 Å². The maximum Gasteiger partial charge on any atom is 0.264 e. The van der Waals surface area contributed by atoms with Crippen LogP contribution < -0.4 is 4.74 Å². The van der Waals surface area contributed by atoms with Gasteiger partial charge in [0.1, 0.15) is 5.75 Å². The lowest BCUT2D eigenvalue weighted by Crippen LogP contribution is -1.99. The van der Waals surface area contributed by atoms with Crippen molar-refractivity contribution in [2.75, 3.05) is 0 Å². The highest BCUT2D eigenvalue weighted by Crippen LogP contribution is 2.35. The van der Waals surface area contributed by atoms with Crippen molar-refractivity contribution in [3.8, 4) is 5.75 Å². The average molecular weight is 406 g/mol. The zero-order valence-electron chi connectivity index (χ0n) is 11.1. The Bertz CT molecular complexity index is 576. The molecule has 0 fully saturated rings. The minimum absolute atomic E-state index is 0.0289. The molecule has 5 nitrogen and oxygen atoms in total. The van der Waals surface area contributed by atoms with E-state index in [4.69, 9.17) is 14.4 Å². The Balaban J connectivity index is 2.10. The summed E-state index contributed by atoms with van der Waals surface area (Å²) in [6.45, 7) is 4.15. The monoisotopic (exact) mass is 404 g/mol. The van der Waals surface area contributed by atoms with E-state index in [9.17, 15) is 0 Å². The predicted octanol–water partition coefficient (Wildman–Crippen LogP) is 3.79. The van der Waals surface area contributed by atoms with Crippen LogP contribution in [0.2, 0.25) is 0 Å². The van der Waals surface area contributed by atoms with Crippen molar-refractivity contribution in [3.05, 3.63) is 38.4 Å². The smallest absolute Gasteiger partial charge is 0.264 e. The highest BCUT2D eigenvalue weighted by molar-refractivity contribution is 9.11. The van der Waals surface area contributed by atoms with Crippen molar-refractivity contribution in [1.82, 2.24) is 10.1 Å². The molecule has 2 aromatic rings. The predicted molar refractivity (Wildman–Crippen MR) is 80.5 cm³/mol. The second kappa shape index (κ2) is 6.69. The van der Waals surface area contributed by atoms with E-state index in [-0.39, 0.29) is 19.1 Å². The van der Waals surface area contributed by atoms with Gasteiger partial charge in [-0.2, -0.15) is 4.98 Å². The molecule has 1 aromatic carbocycles. The lowest BCUT2D eigenvalue weighted by molar-refractivity contribution is 0.239. The first kappa shape index (κ1) is 15.5. The Kier molecular flexibility index (Phi) is 5.17. The minimum Gasteiger partial charge on any atom is -0.481 e. The van der Waals surface area contributed by atoms with Gasteiger partial charge in [0, 0.05) is 5.92 Å². The SMILES string of the molecule is CC(C)c1noc(COc2c(Br)cc(CO)cc2Br)n1. The summed E-state index contributed by atoms with van der Waals surface area (Å²) < 4.78 is 12.3. The van der Waals surface area contributed by atoms with Gasteiger partial charge in [-0.1, -0.05) is 19.0 Å². The van der Waals surface area contributed by atoms with Crippen LogP contribution in [-0.4, -0.2) is 15.2 Å². The minimum atomic E-state index is -0.0289. The van der Waals surface area contributed by atoms with Gasteiger partial charge >= 0.3 is 0 Å². The molecule has 7 heteroatoms. The van der Waals surface area contributed by atoms with Gasteiger partial charge in [0.2, 0.25) is 0 Å². The van der Waals surface area contributed by atoms with E-state index in [1.807, 2.05) is 13.8 Å². The molecule has 2 rings (SSSR count). The summed E-state index contributed by atoms with van der Waals surface area (Å²) in [7, 11) is 0. The number of aliphatic hydroxyl groups excluding tert-OH is 1. The van der Waals surface area contributed by atoms with Crippen molar-refractivity contribution in [2.45, 2.75) is 33.0 Å². The second-order valence-electron chi connectivity index (χ2n) is 4.54. The molecule has 0 radical (unpaired) electrons. The zero-order chi connectivity index (χ0) is 14.7. The molecule has 0 saturated heterocycles. The maximum absolute atomic E-state index is 9.12. The van der Waals surface area contributed by atoms with E-state index in [1.54, 1.807) is 12.1 Å². The van der Waals surface area contributed by atoms with Crippen LogP contribution in [0.4, 0.5) is 0 Å². The quantitative estimate of drug-likeness (QED) is 0.819. The van der Waals surface area contributed by atoms with E-state index in [2.05, 4.69) is 42.0 Å². The van der Waals surface area contributed by atoms with Gasteiger partial charge in [-0.05, 0) is 49.6 Å². The van der Waals surface area contributed by atoms with Crippen LogP contribution in [0.25, 0.3) is 0 Å². The van der Waals surface area contributed by atoms with E-state index >= 15 is 0 Å². The first-order chi connectivity index (χ1) is 9.51. The first-order valence-corrected chi connectivity index (χ1v) is 7.64. The summed E-state index contributed by atoms with van der Waals surface area (Å²) in [5.41, 5.74) is 0.788. The molecule has 108 valence electrons. The summed E-state index contributed by atoms with van der Waals surface area (Å²) in [6.07, 6.45) is 0. The Morgan fingerprint density at radius 2 is 1.95 bits per heavy atom. The maximum atomic E-state index is 9.12. The third-order valence-corrected chi connectivity index (χ3v) is 3.76. The molecule has 1 aromatic heterocycles. The van der Waals surface area contributed by atoms with Crippen LogP contribution in [0.3, 0.4) is 0 Å². The van der Waals surface area contributed by atoms with Crippen LogP contribution in [0.1, 0.15) is 37.0 Å². The van der Waals surface area contributed by atoms with E-state index < -0.39 is 0 Å². The molecule has 20 heavy (non-hydrogen) atoms. The Hall–Kier alpha value is -0.920. The molecule has 0 aliphatic heterocycles. The molecule has 0 unspecified atom stereocenters. The van der Waals surface area contributed by atoms with Crippen molar-refractivity contribution < 1.29 is 14.4 Å². The van der Waals surface area contributed by atoms with Crippen LogP contribution in [0.5, 0.6) is 5.75 Å². The van der Waals surface area contributed by atoms with Crippen LogP contribution in [0, 0.1) is 0 Å². The fourth-order valence-corrected chi connectivity index (χ4v) is 3.05. The zero-order valence-corrected chi connectivity index (χ0v) is 14.2. The molecule has 0 atom stereocenters. The molecule has 0 aliphatic rings. The van der Waals surface area contributed by atoms with E-state index in [0.717, 1.165) is 14.5 Å². The Morgan fingerprint density at radius 3 is 2.45 bits per heavy atom.